The maximum absolute atomic E-state index is 12.9. The average molecular weight is 462 g/mol. The predicted molar refractivity (Wildman–Crippen MR) is 113 cm³/mol. The van der Waals surface area contributed by atoms with Crippen LogP contribution >= 0.6 is 23.1 Å². The molecule has 4 rings (SSSR count). The van der Waals surface area contributed by atoms with Crippen LogP contribution < -0.4 is 15.7 Å². The summed E-state index contributed by atoms with van der Waals surface area (Å²) in [6, 6.07) is 5.53. The van der Waals surface area contributed by atoms with Gasteiger partial charge in [-0.1, -0.05) is 11.8 Å². The third-order valence-electron chi connectivity index (χ3n) is 4.29. The summed E-state index contributed by atoms with van der Waals surface area (Å²) in [6.07, 6.45) is 1.29. The van der Waals surface area contributed by atoms with Crippen LogP contribution in [0.25, 0.3) is 10.2 Å². The van der Waals surface area contributed by atoms with Crippen LogP contribution in [0.2, 0.25) is 0 Å². The lowest BCUT2D eigenvalue weighted by molar-refractivity contribution is -0.114. The molecule has 3 aromatic heterocycles. The van der Waals surface area contributed by atoms with Crippen molar-refractivity contribution in [1.29, 1.82) is 0 Å². The van der Waals surface area contributed by atoms with Gasteiger partial charge in [-0.15, -0.1) is 21.5 Å². The van der Waals surface area contributed by atoms with Crippen molar-refractivity contribution in [2.45, 2.75) is 25.7 Å². The molecule has 0 aliphatic rings. The quantitative estimate of drug-likeness (QED) is 0.418. The van der Waals surface area contributed by atoms with Gasteiger partial charge in [0.15, 0.2) is 6.61 Å². The minimum Gasteiger partial charge on any atom is -0.484 e. The molecule has 0 aliphatic heterocycles. The Labute approximate surface area is 183 Å². The van der Waals surface area contributed by atoms with Crippen LogP contribution in [0, 0.1) is 19.7 Å². The van der Waals surface area contributed by atoms with E-state index in [9.17, 15) is 14.0 Å². The highest BCUT2D eigenvalue weighted by atomic mass is 32.2. The third kappa shape index (κ3) is 4.75. The maximum Gasteiger partial charge on any atom is 0.281 e. The smallest absolute Gasteiger partial charge is 0.281 e. The number of carbonyl (C=O) groups excluding carboxylic acids is 1. The SMILES string of the molecule is Cc1sc2ncn(NC(=O)CSc3nnc(COc4ccc(F)cc4)o3)c(=O)c2c1C. The summed E-state index contributed by atoms with van der Waals surface area (Å²) in [5.74, 6) is -0.172. The Balaban J connectivity index is 1.33. The van der Waals surface area contributed by atoms with Crippen molar-refractivity contribution in [2.24, 2.45) is 0 Å². The fraction of sp³-hybridized carbons (Fsp3) is 0.211. The Morgan fingerprint density at radius 3 is 2.84 bits per heavy atom. The van der Waals surface area contributed by atoms with Crippen molar-refractivity contribution in [2.75, 3.05) is 11.2 Å². The van der Waals surface area contributed by atoms with Gasteiger partial charge in [-0.25, -0.2) is 14.1 Å². The number of fused-ring (bicyclic) bond motifs is 1. The molecule has 0 fully saturated rings. The van der Waals surface area contributed by atoms with Crippen molar-refractivity contribution in [3.8, 4) is 5.75 Å². The molecule has 1 aromatic carbocycles. The normalized spacial score (nSPS) is 11.1. The molecule has 0 saturated carbocycles. The highest BCUT2D eigenvalue weighted by molar-refractivity contribution is 7.99. The molecule has 0 atom stereocenters. The molecule has 0 spiro atoms. The Morgan fingerprint density at radius 1 is 1.29 bits per heavy atom. The van der Waals surface area contributed by atoms with Gasteiger partial charge in [-0.2, -0.15) is 0 Å². The second-order valence-corrected chi connectivity index (χ2v) is 8.54. The summed E-state index contributed by atoms with van der Waals surface area (Å²) in [7, 11) is 0. The van der Waals surface area contributed by atoms with E-state index in [1.54, 1.807) is 0 Å². The Kier molecular flexibility index (Phi) is 6.00. The number of rotatable bonds is 7. The summed E-state index contributed by atoms with van der Waals surface area (Å²) >= 11 is 2.46. The molecule has 0 saturated heterocycles. The molecular formula is C19H16FN5O4S2. The number of halogens is 1. The van der Waals surface area contributed by atoms with Crippen molar-refractivity contribution in [3.63, 3.8) is 0 Å². The van der Waals surface area contributed by atoms with Gasteiger partial charge in [-0.3, -0.25) is 15.0 Å². The van der Waals surface area contributed by atoms with Crippen molar-refractivity contribution in [1.82, 2.24) is 19.9 Å². The zero-order valence-corrected chi connectivity index (χ0v) is 18.1. The fourth-order valence-corrected chi connectivity index (χ4v) is 4.20. The molecule has 31 heavy (non-hydrogen) atoms. The Morgan fingerprint density at radius 2 is 2.06 bits per heavy atom. The zero-order valence-electron chi connectivity index (χ0n) is 16.4. The van der Waals surface area contributed by atoms with Gasteiger partial charge < -0.3 is 9.15 Å². The molecule has 0 radical (unpaired) electrons. The first-order valence-corrected chi connectivity index (χ1v) is 10.8. The van der Waals surface area contributed by atoms with Crippen molar-refractivity contribution in [3.05, 3.63) is 63.1 Å². The van der Waals surface area contributed by atoms with E-state index in [0.717, 1.165) is 26.9 Å². The van der Waals surface area contributed by atoms with E-state index in [2.05, 4.69) is 20.6 Å². The third-order valence-corrected chi connectivity index (χ3v) is 6.22. The van der Waals surface area contributed by atoms with Crippen LogP contribution in [0.3, 0.4) is 0 Å². The first-order chi connectivity index (χ1) is 14.9. The fourth-order valence-electron chi connectivity index (χ4n) is 2.64. The molecule has 12 heteroatoms. The predicted octanol–water partition coefficient (Wildman–Crippen LogP) is 3.04. The van der Waals surface area contributed by atoms with Gasteiger partial charge in [0.2, 0.25) is 5.91 Å². The number of nitrogens with one attached hydrogen (secondary N) is 1. The number of benzene rings is 1. The van der Waals surface area contributed by atoms with E-state index in [-0.39, 0.29) is 34.8 Å². The number of ether oxygens (including phenoxy) is 1. The number of nitrogens with zero attached hydrogens (tertiary/aromatic N) is 4. The number of aromatic nitrogens is 4. The van der Waals surface area contributed by atoms with Crippen LogP contribution in [0.5, 0.6) is 5.75 Å². The van der Waals surface area contributed by atoms with E-state index < -0.39 is 5.91 Å². The lowest BCUT2D eigenvalue weighted by Gasteiger charge is -2.06. The lowest BCUT2D eigenvalue weighted by Crippen LogP contribution is -2.34. The topological polar surface area (TPSA) is 112 Å². The number of hydrogen-bond acceptors (Lipinski definition) is 9. The Hall–Kier alpha value is -3.25. The molecule has 1 amide bonds. The summed E-state index contributed by atoms with van der Waals surface area (Å²) in [6.45, 7) is 3.78. The van der Waals surface area contributed by atoms with E-state index >= 15 is 0 Å². The number of amides is 1. The van der Waals surface area contributed by atoms with Crippen LogP contribution in [-0.2, 0) is 11.4 Å². The highest BCUT2D eigenvalue weighted by Crippen LogP contribution is 2.25. The summed E-state index contributed by atoms with van der Waals surface area (Å²) in [4.78, 5) is 30.7. The summed E-state index contributed by atoms with van der Waals surface area (Å²) in [5.41, 5.74) is 3.04. The van der Waals surface area contributed by atoms with Gasteiger partial charge in [-0.05, 0) is 43.7 Å². The van der Waals surface area contributed by atoms with Crippen molar-refractivity contribution < 1.29 is 18.3 Å². The van der Waals surface area contributed by atoms with Crippen LogP contribution in [0.4, 0.5) is 4.39 Å². The summed E-state index contributed by atoms with van der Waals surface area (Å²) < 4.78 is 24.8. The molecule has 4 aromatic rings. The first kappa shape index (κ1) is 21.0. The van der Waals surface area contributed by atoms with E-state index in [1.165, 1.54) is 41.9 Å². The highest BCUT2D eigenvalue weighted by Gasteiger charge is 2.15. The van der Waals surface area contributed by atoms with Gasteiger partial charge in [0.05, 0.1) is 11.1 Å². The number of thiophene rings is 1. The Bertz CT molecular complexity index is 1300. The van der Waals surface area contributed by atoms with Gasteiger partial charge in [0, 0.05) is 4.88 Å². The van der Waals surface area contributed by atoms with Crippen LogP contribution in [-0.4, -0.2) is 31.5 Å². The van der Waals surface area contributed by atoms with E-state index in [4.69, 9.17) is 9.15 Å². The molecule has 1 N–H and O–H groups in total. The first-order valence-electron chi connectivity index (χ1n) is 9.01. The maximum atomic E-state index is 12.9. The monoisotopic (exact) mass is 461 g/mol. The molecule has 9 nitrogen and oxygen atoms in total. The second kappa shape index (κ2) is 8.86. The number of thioether (sulfide) groups is 1. The van der Waals surface area contributed by atoms with E-state index in [1.807, 2.05) is 13.8 Å². The second-order valence-electron chi connectivity index (χ2n) is 6.41. The largest absolute Gasteiger partial charge is 0.484 e. The molecule has 0 bridgehead atoms. The molecule has 160 valence electrons. The number of carbonyl (C=O) groups is 1. The minimum absolute atomic E-state index is 0.00583. The number of hydrogen-bond donors (Lipinski definition) is 1. The van der Waals surface area contributed by atoms with Crippen molar-refractivity contribution >= 4 is 39.2 Å². The van der Waals surface area contributed by atoms with Gasteiger partial charge in [0.25, 0.3) is 16.7 Å². The zero-order chi connectivity index (χ0) is 22.0. The lowest BCUT2D eigenvalue weighted by atomic mass is 10.2. The van der Waals surface area contributed by atoms with Crippen LogP contribution in [0.1, 0.15) is 16.3 Å². The van der Waals surface area contributed by atoms with Gasteiger partial charge in [0.1, 0.15) is 22.7 Å². The molecular weight excluding hydrogens is 445 g/mol. The summed E-state index contributed by atoms with van der Waals surface area (Å²) in [5, 5.41) is 8.36. The van der Waals surface area contributed by atoms with E-state index in [0.29, 0.717) is 16.0 Å². The van der Waals surface area contributed by atoms with Crippen LogP contribution in [0.15, 0.2) is 45.0 Å². The number of aryl methyl sites for hydroxylation is 2. The molecule has 0 aliphatic carbocycles. The average Bonchev–Trinajstić information content (AvgIpc) is 3.32. The minimum atomic E-state index is -0.430. The standard InChI is InChI=1S/C19H16FN5O4S2/c1-10-11(2)31-17-16(10)18(27)25(9-21-17)24-14(26)8-30-19-23-22-15(29-19)7-28-13-5-3-12(20)4-6-13/h3-6,9H,7-8H2,1-2H3,(H,24,26). The van der Waals surface area contributed by atoms with Gasteiger partial charge >= 0.3 is 0 Å². The molecule has 0 unspecified atom stereocenters. The molecule has 3 heterocycles.